The minimum absolute atomic E-state index is 0.00379. The third kappa shape index (κ3) is 3.75. The van der Waals surface area contributed by atoms with Crippen molar-refractivity contribution in [1.29, 1.82) is 0 Å². The van der Waals surface area contributed by atoms with Crippen molar-refractivity contribution >= 4 is 50.8 Å². The van der Waals surface area contributed by atoms with E-state index < -0.39 is 16.9 Å². The highest BCUT2D eigenvalue weighted by atomic mass is 79.9. The van der Waals surface area contributed by atoms with E-state index in [-0.39, 0.29) is 45.5 Å². The van der Waals surface area contributed by atoms with E-state index >= 15 is 0 Å². The molecule has 9 nitrogen and oxygen atoms in total. The number of hydrogen-bond donors (Lipinski definition) is 0. The van der Waals surface area contributed by atoms with Crippen LogP contribution in [0.5, 0.6) is 0 Å². The summed E-state index contributed by atoms with van der Waals surface area (Å²) < 4.78 is 14.9. The van der Waals surface area contributed by atoms with Crippen LogP contribution in [0.2, 0.25) is 5.02 Å². The van der Waals surface area contributed by atoms with E-state index in [1.54, 1.807) is 0 Å². The number of nitro benzene ring substituents is 1. The molecule has 0 unspecified atom stereocenters. The fourth-order valence-electron chi connectivity index (χ4n) is 2.28. The molecule has 0 N–H and O–H groups in total. The van der Waals surface area contributed by atoms with Crippen molar-refractivity contribution in [3.63, 3.8) is 0 Å². The largest absolute Gasteiger partial charge is 0.466 e. The minimum Gasteiger partial charge on any atom is -0.466 e. The normalized spacial score (nSPS) is 14.3. The molecule has 1 aromatic carbocycles. The topological polar surface area (TPSA) is 108 Å². The van der Waals surface area contributed by atoms with Gasteiger partial charge in [0.1, 0.15) is 18.1 Å². The van der Waals surface area contributed by atoms with Crippen molar-refractivity contribution < 1.29 is 28.7 Å². The van der Waals surface area contributed by atoms with E-state index in [4.69, 9.17) is 21.1 Å². The van der Waals surface area contributed by atoms with Gasteiger partial charge in [0.05, 0.1) is 31.3 Å². The maximum atomic E-state index is 12.2. The fraction of sp³-hybridized carbons (Fsp3) is 0.286. The number of carbonyl (C=O) groups is 2. The van der Waals surface area contributed by atoms with E-state index in [9.17, 15) is 19.7 Å². The van der Waals surface area contributed by atoms with Crippen LogP contribution in [0.3, 0.4) is 0 Å². The zero-order valence-electron chi connectivity index (χ0n) is 13.1. The van der Waals surface area contributed by atoms with Crippen molar-refractivity contribution in [3.8, 4) is 0 Å². The molecule has 0 saturated heterocycles. The lowest BCUT2D eigenvalue weighted by Crippen LogP contribution is -2.39. The molecule has 2 rings (SSSR count). The molecule has 0 saturated carbocycles. The van der Waals surface area contributed by atoms with Gasteiger partial charge in [0, 0.05) is 15.6 Å². The summed E-state index contributed by atoms with van der Waals surface area (Å²) in [6.07, 6.45) is 0. The van der Waals surface area contributed by atoms with Crippen LogP contribution in [0.25, 0.3) is 0 Å². The smallest absolute Gasteiger partial charge is 0.355 e. The van der Waals surface area contributed by atoms with Crippen LogP contribution in [0.1, 0.15) is 0 Å². The Balaban J connectivity index is 2.74. The number of nitro groups is 1. The lowest BCUT2D eigenvalue weighted by molar-refractivity contribution is -0.384. The number of nitrogens with zero attached hydrogens (tertiary/aromatic N) is 2. The molecule has 0 aromatic heterocycles. The molecule has 0 amide bonds. The highest BCUT2D eigenvalue weighted by Crippen LogP contribution is 2.41. The fourth-order valence-corrected chi connectivity index (χ4v) is 3.29. The van der Waals surface area contributed by atoms with E-state index in [2.05, 4.69) is 20.7 Å². The van der Waals surface area contributed by atoms with E-state index in [1.165, 1.54) is 11.0 Å². The van der Waals surface area contributed by atoms with Crippen molar-refractivity contribution in [2.24, 2.45) is 0 Å². The number of hydrogen-bond acceptors (Lipinski definition) is 8. The van der Waals surface area contributed by atoms with Gasteiger partial charge in [-0.2, -0.15) is 0 Å². The first-order valence-electron chi connectivity index (χ1n) is 6.70. The van der Waals surface area contributed by atoms with Crippen molar-refractivity contribution in [3.05, 3.63) is 43.0 Å². The highest BCUT2D eigenvalue weighted by Gasteiger charge is 2.36. The van der Waals surface area contributed by atoms with E-state index in [1.807, 2.05) is 0 Å². The van der Waals surface area contributed by atoms with Crippen molar-refractivity contribution in [2.75, 3.05) is 32.5 Å². The number of halogens is 2. The zero-order valence-corrected chi connectivity index (χ0v) is 15.4. The Morgan fingerprint density at radius 2 is 1.96 bits per heavy atom. The second kappa shape index (κ2) is 7.81. The maximum Gasteiger partial charge on any atom is 0.355 e. The summed E-state index contributed by atoms with van der Waals surface area (Å²) in [6.45, 7) is -0.418. The van der Waals surface area contributed by atoms with Crippen LogP contribution in [0.4, 0.5) is 11.4 Å². The number of anilines is 1. The monoisotopic (exact) mass is 434 g/mol. The molecule has 1 heterocycles. The molecule has 0 atom stereocenters. The third-order valence-corrected chi connectivity index (χ3v) is 4.13. The Bertz CT molecular complexity index is 781. The van der Waals surface area contributed by atoms with E-state index in [0.29, 0.717) is 0 Å². The van der Waals surface area contributed by atoms with Gasteiger partial charge in [-0.15, -0.1) is 0 Å². The van der Waals surface area contributed by atoms with Crippen LogP contribution < -0.4 is 4.90 Å². The predicted molar refractivity (Wildman–Crippen MR) is 90.2 cm³/mol. The van der Waals surface area contributed by atoms with Gasteiger partial charge in [-0.3, -0.25) is 10.1 Å². The Morgan fingerprint density at radius 3 is 2.52 bits per heavy atom. The number of ether oxygens (including phenoxy) is 3. The van der Waals surface area contributed by atoms with Gasteiger partial charge in [-0.25, -0.2) is 9.59 Å². The summed E-state index contributed by atoms with van der Waals surface area (Å²) in [5.74, 6) is -1.67. The van der Waals surface area contributed by atoms with Crippen LogP contribution >= 0.6 is 27.5 Å². The molecule has 0 spiro atoms. The first kappa shape index (κ1) is 19.2. The molecule has 0 fully saturated rings. The SMILES string of the molecule is COC(=O)C1=C(C(=O)OC)N(c2c(Br)cc(Cl)cc2[N+](=O)[O-])COC1. The van der Waals surface area contributed by atoms with Gasteiger partial charge in [0.25, 0.3) is 5.69 Å². The van der Waals surface area contributed by atoms with Gasteiger partial charge in [-0.1, -0.05) is 11.6 Å². The van der Waals surface area contributed by atoms with Crippen molar-refractivity contribution in [2.45, 2.75) is 0 Å². The lowest BCUT2D eigenvalue weighted by Gasteiger charge is -2.31. The Hall–Kier alpha value is -2.17. The zero-order chi connectivity index (χ0) is 18.7. The van der Waals surface area contributed by atoms with Gasteiger partial charge in [0.15, 0.2) is 0 Å². The molecule has 0 bridgehead atoms. The lowest BCUT2D eigenvalue weighted by atomic mass is 10.1. The van der Waals surface area contributed by atoms with Gasteiger partial charge in [-0.05, 0) is 22.0 Å². The summed E-state index contributed by atoms with van der Waals surface area (Å²) in [5, 5.41) is 11.5. The van der Waals surface area contributed by atoms with Gasteiger partial charge < -0.3 is 19.1 Å². The second-order valence-electron chi connectivity index (χ2n) is 4.73. The summed E-state index contributed by atoms with van der Waals surface area (Å²) in [5.41, 5.74) is -0.699. The standard InChI is InChI=1S/C14H12BrClN2O7/c1-23-13(19)8-5-25-6-17(11(8)14(20)24-2)12-9(15)3-7(16)4-10(12)18(21)22/h3-4H,5-6H2,1-2H3. The first-order valence-corrected chi connectivity index (χ1v) is 7.87. The Morgan fingerprint density at radius 1 is 1.32 bits per heavy atom. The molecular formula is C14H12BrClN2O7. The predicted octanol–water partition coefficient (Wildman–Crippen LogP) is 2.40. The number of carbonyl (C=O) groups excluding carboxylic acids is 2. The number of benzene rings is 1. The first-order chi connectivity index (χ1) is 11.8. The number of methoxy groups -OCH3 is 2. The molecule has 11 heteroatoms. The quantitative estimate of drug-likeness (QED) is 0.403. The summed E-state index contributed by atoms with van der Waals surface area (Å²) >= 11 is 9.07. The summed E-state index contributed by atoms with van der Waals surface area (Å²) in [6, 6.07) is 2.55. The van der Waals surface area contributed by atoms with Crippen molar-refractivity contribution in [1.82, 2.24) is 0 Å². The minimum atomic E-state index is -0.861. The van der Waals surface area contributed by atoms with Crippen LogP contribution in [-0.2, 0) is 23.8 Å². The number of esters is 2. The van der Waals surface area contributed by atoms with Gasteiger partial charge >= 0.3 is 11.9 Å². The third-order valence-electron chi connectivity index (χ3n) is 3.31. The summed E-state index contributed by atoms with van der Waals surface area (Å²) in [4.78, 5) is 36.1. The second-order valence-corrected chi connectivity index (χ2v) is 6.02. The molecule has 1 aliphatic heterocycles. The Kier molecular flexibility index (Phi) is 5.98. The highest BCUT2D eigenvalue weighted by molar-refractivity contribution is 9.10. The van der Waals surface area contributed by atoms with Crippen LogP contribution in [0.15, 0.2) is 27.9 Å². The summed E-state index contributed by atoms with van der Waals surface area (Å²) in [7, 11) is 2.27. The van der Waals surface area contributed by atoms with Crippen LogP contribution in [0, 0.1) is 10.1 Å². The average molecular weight is 436 g/mol. The molecule has 1 aromatic rings. The molecule has 1 aliphatic rings. The molecule has 25 heavy (non-hydrogen) atoms. The number of rotatable bonds is 4. The molecular weight excluding hydrogens is 424 g/mol. The maximum absolute atomic E-state index is 12.2. The average Bonchev–Trinajstić information content (AvgIpc) is 2.59. The van der Waals surface area contributed by atoms with Gasteiger partial charge in [0.2, 0.25) is 0 Å². The van der Waals surface area contributed by atoms with Crippen LogP contribution in [-0.4, -0.2) is 44.4 Å². The molecule has 0 radical (unpaired) electrons. The Labute approximate surface area is 155 Å². The van der Waals surface area contributed by atoms with E-state index in [0.717, 1.165) is 20.3 Å². The molecule has 134 valence electrons. The molecule has 0 aliphatic carbocycles.